The van der Waals surface area contributed by atoms with Crippen molar-refractivity contribution >= 4 is 5.78 Å². The second kappa shape index (κ2) is 4.26. The van der Waals surface area contributed by atoms with Crippen LogP contribution in [0.1, 0.15) is 34.8 Å². The molecule has 1 aliphatic rings. The summed E-state index contributed by atoms with van der Waals surface area (Å²) in [6.07, 6.45) is 0.477. The van der Waals surface area contributed by atoms with Crippen molar-refractivity contribution in [2.75, 3.05) is 0 Å². The summed E-state index contributed by atoms with van der Waals surface area (Å²) in [6, 6.07) is 7.99. The van der Waals surface area contributed by atoms with E-state index in [2.05, 4.69) is 0 Å². The molecule has 0 amide bonds. The predicted octanol–water partition coefficient (Wildman–Crippen LogP) is 4.13. The molecule has 19 heavy (non-hydrogen) atoms. The lowest BCUT2D eigenvalue weighted by atomic mass is 10.00. The summed E-state index contributed by atoms with van der Waals surface area (Å²) in [7, 11) is 0. The van der Waals surface area contributed by atoms with Crippen LogP contribution in [0.15, 0.2) is 30.3 Å². The first kappa shape index (κ1) is 12.0. The molecule has 0 N–H and O–H groups in total. The van der Waals surface area contributed by atoms with Crippen molar-refractivity contribution in [1.82, 2.24) is 0 Å². The molecule has 0 unspecified atom stereocenters. The van der Waals surface area contributed by atoms with E-state index >= 15 is 0 Å². The lowest BCUT2D eigenvalue weighted by Crippen LogP contribution is -2.03. The highest BCUT2D eigenvalue weighted by Crippen LogP contribution is 2.39. The summed E-state index contributed by atoms with van der Waals surface area (Å²) in [6.45, 7) is 1.70. The van der Waals surface area contributed by atoms with Gasteiger partial charge in [0.15, 0.2) is 5.78 Å². The van der Waals surface area contributed by atoms with Crippen LogP contribution in [0, 0.1) is 11.6 Å². The van der Waals surface area contributed by atoms with E-state index in [0.717, 1.165) is 5.56 Å². The Bertz CT molecular complexity index is 689. The highest BCUT2D eigenvalue weighted by Gasteiger charge is 2.26. The third kappa shape index (κ3) is 1.69. The van der Waals surface area contributed by atoms with Gasteiger partial charge in [-0.25, -0.2) is 8.78 Å². The fraction of sp³-hybridized carbons (Fsp3) is 0.188. The molecule has 0 saturated carbocycles. The second-order valence-electron chi connectivity index (χ2n) is 4.67. The van der Waals surface area contributed by atoms with E-state index in [1.54, 1.807) is 25.1 Å². The van der Waals surface area contributed by atoms with E-state index in [1.807, 2.05) is 0 Å². The molecule has 2 aromatic rings. The largest absolute Gasteiger partial charge is 0.294 e. The Morgan fingerprint density at radius 3 is 2.58 bits per heavy atom. The average Bonchev–Trinajstić information content (AvgIpc) is 2.80. The zero-order valence-corrected chi connectivity index (χ0v) is 10.5. The number of hydrogen-bond donors (Lipinski definition) is 0. The third-order valence-corrected chi connectivity index (χ3v) is 3.63. The Labute approximate surface area is 109 Å². The molecule has 0 aromatic heterocycles. The molecule has 3 heteroatoms. The van der Waals surface area contributed by atoms with E-state index in [1.165, 1.54) is 12.1 Å². The standard InChI is InChI=1S/C16H12F2O/c1-2-15(19)11-7-6-10-9-4-3-5-14(17)12(9)8-13(10)16(11)18/h3-7H,2,8H2,1H3. The molecule has 0 atom stereocenters. The maximum Gasteiger partial charge on any atom is 0.165 e. The van der Waals surface area contributed by atoms with Gasteiger partial charge < -0.3 is 0 Å². The molecule has 2 aromatic carbocycles. The maximum absolute atomic E-state index is 14.4. The van der Waals surface area contributed by atoms with Crippen LogP contribution in [0.5, 0.6) is 0 Å². The fourth-order valence-electron chi connectivity index (χ4n) is 2.62. The van der Waals surface area contributed by atoms with Crippen LogP contribution >= 0.6 is 0 Å². The molecular formula is C16H12F2O. The van der Waals surface area contributed by atoms with Gasteiger partial charge in [0.25, 0.3) is 0 Å². The zero-order valence-electron chi connectivity index (χ0n) is 10.5. The number of fused-ring (bicyclic) bond motifs is 3. The van der Waals surface area contributed by atoms with Crippen LogP contribution in [0.3, 0.4) is 0 Å². The van der Waals surface area contributed by atoms with Gasteiger partial charge in [0, 0.05) is 24.0 Å². The van der Waals surface area contributed by atoms with Crippen LogP contribution in [0.25, 0.3) is 11.1 Å². The van der Waals surface area contributed by atoms with Crippen LogP contribution in [-0.2, 0) is 6.42 Å². The van der Waals surface area contributed by atoms with Crippen molar-refractivity contribution in [2.24, 2.45) is 0 Å². The number of carbonyl (C=O) groups excluding carboxylic acids is 1. The lowest BCUT2D eigenvalue weighted by molar-refractivity contribution is 0.0984. The van der Waals surface area contributed by atoms with Crippen molar-refractivity contribution in [2.45, 2.75) is 19.8 Å². The molecule has 0 radical (unpaired) electrons. The summed E-state index contributed by atoms with van der Waals surface area (Å²) in [5.41, 5.74) is 2.47. The Kier molecular flexibility index (Phi) is 2.70. The van der Waals surface area contributed by atoms with Crippen molar-refractivity contribution in [3.8, 4) is 11.1 Å². The number of ketones is 1. The third-order valence-electron chi connectivity index (χ3n) is 3.63. The average molecular weight is 258 g/mol. The van der Waals surface area contributed by atoms with Gasteiger partial charge in [-0.2, -0.15) is 0 Å². The molecule has 0 bridgehead atoms. The Morgan fingerprint density at radius 2 is 1.84 bits per heavy atom. The minimum absolute atomic E-state index is 0.106. The maximum atomic E-state index is 14.4. The number of hydrogen-bond acceptors (Lipinski definition) is 1. The molecule has 96 valence electrons. The van der Waals surface area contributed by atoms with Crippen LogP contribution in [0.2, 0.25) is 0 Å². The number of benzene rings is 2. The van der Waals surface area contributed by atoms with Gasteiger partial charge >= 0.3 is 0 Å². The normalized spacial score (nSPS) is 12.2. The Balaban J connectivity index is 2.20. The van der Waals surface area contributed by atoms with Gasteiger partial charge in [-0.1, -0.05) is 25.1 Å². The predicted molar refractivity (Wildman–Crippen MR) is 69.2 cm³/mol. The summed E-state index contributed by atoms with van der Waals surface area (Å²) in [5, 5.41) is 0. The number of rotatable bonds is 2. The minimum atomic E-state index is -0.500. The first-order valence-corrected chi connectivity index (χ1v) is 6.25. The van der Waals surface area contributed by atoms with E-state index in [-0.39, 0.29) is 30.0 Å². The van der Waals surface area contributed by atoms with Crippen LogP contribution < -0.4 is 0 Å². The van der Waals surface area contributed by atoms with Crippen LogP contribution in [0.4, 0.5) is 8.78 Å². The molecule has 0 aliphatic heterocycles. The highest BCUT2D eigenvalue weighted by atomic mass is 19.1. The highest BCUT2D eigenvalue weighted by molar-refractivity contribution is 5.97. The SMILES string of the molecule is CCC(=O)c1ccc2c(c1F)Cc1c(F)cccc1-2. The molecule has 0 heterocycles. The molecule has 0 saturated heterocycles. The van der Waals surface area contributed by atoms with Crippen molar-refractivity contribution < 1.29 is 13.6 Å². The van der Waals surface area contributed by atoms with Crippen LogP contribution in [-0.4, -0.2) is 5.78 Å². The number of halogens is 2. The molecule has 1 nitrogen and oxygen atoms in total. The summed E-state index contributed by atoms with van der Waals surface area (Å²) in [4.78, 5) is 11.7. The zero-order chi connectivity index (χ0) is 13.6. The number of Topliss-reactive ketones (excluding diaryl/α,β-unsaturated/α-hetero) is 1. The Hall–Kier alpha value is -2.03. The summed E-state index contributed by atoms with van der Waals surface area (Å²) in [5.74, 6) is -1.05. The van der Waals surface area contributed by atoms with E-state index in [4.69, 9.17) is 0 Å². The lowest BCUT2D eigenvalue weighted by Gasteiger charge is -2.06. The van der Waals surface area contributed by atoms with Gasteiger partial charge in [0.05, 0.1) is 5.56 Å². The smallest absolute Gasteiger partial charge is 0.165 e. The quantitative estimate of drug-likeness (QED) is 0.632. The monoisotopic (exact) mass is 258 g/mol. The van der Waals surface area contributed by atoms with Crippen molar-refractivity contribution in [1.29, 1.82) is 0 Å². The second-order valence-corrected chi connectivity index (χ2v) is 4.67. The molecule has 1 aliphatic carbocycles. The van der Waals surface area contributed by atoms with E-state index in [9.17, 15) is 13.6 Å². The van der Waals surface area contributed by atoms with Gasteiger partial charge in [0.2, 0.25) is 0 Å². The molecular weight excluding hydrogens is 246 g/mol. The van der Waals surface area contributed by atoms with Crippen molar-refractivity contribution in [3.63, 3.8) is 0 Å². The van der Waals surface area contributed by atoms with E-state index < -0.39 is 5.82 Å². The fourth-order valence-corrected chi connectivity index (χ4v) is 2.62. The number of carbonyl (C=O) groups is 1. The summed E-state index contributed by atoms with van der Waals surface area (Å²) < 4.78 is 28.1. The van der Waals surface area contributed by atoms with E-state index in [0.29, 0.717) is 16.7 Å². The molecule has 3 rings (SSSR count). The summed E-state index contributed by atoms with van der Waals surface area (Å²) >= 11 is 0. The van der Waals surface area contributed by atoms with Gasteiger partial charge in [-0.3, -0.25) is 4.79 Å². The molecule has 0 fully saturated rings. The van der Waals surface area contributed by atoms with Gasteiger partial charge in [-0.15, -0.1) is 0 Å². The first-order chi connectivity index (χ1) is 9.13. The van der Waals surface area contributed by atoms with Crippen molar-refractivity contribution in [3.05, 3.63) is 58.7 Å². The topological polar surface area (TPSA) is 17.1 Å². The van der Waals surface area contributed by atoms with Gasteiger partial charge in [-0.05, 0) is 23.3 Å². The minimum Gasteiger partial charge on any atom is -0.294 e. The van der Waals surface area contributed by atoms with Gasteiger partial charge in [0.1, 0.15) is 11.6 Å². The first-order valence-electron chi connectivity index (χ1n) is 6.25. The Morgan fingerprint density at radius 1 is 1.11 bits per heavy atom. The molecule has 0 spiro atoms.